The number of nitrogen functional groups attached to an aromatic ring is 1. The van der Waals surface area contributed by atoms with Crippen molar-refractivity contribution in [2.45, 2.75) is 26.5 Å². The summed E-state index contributed by atoms with van der Waals surface area (Å²) in [5.74, 6) is 0.394. The molecule has 2 N–H and O–H groups in total. The molecule has 0 unspecified atom stereocenters. The maximum absolute atomic E-state index is 13.1. The lowest BCUT2D eigenvalue weighted by Gasteiger charge is -2.07. The topological polar surface area (TPSA) is 53.1 Å². The second kappa shape index (κ2) is 5.08. The Bertz CT molecular complexity index is 537. The van der Waals surface area contributed by atoms with Crippen LogP contribution in [0.1, 0.15) is 19.4 Å². The molecule has 0 aliphatic rings. The SMILES string of the molecule is CC(C)Oc1cnn(Cc2cc(F)ccc2N)c1. The zero-order valence-electron chi connectivity index (χ0n) is 10.4. The van der Waals surface area contributed by atoms with Crippen LogP contribution < -0.4 is 10.5 Å². The smallest absolute Gasteiger partial charge is 0.157 e. The van der Waals surface area contributed by atoms with Gasteiger partial charge in [0.1, 0.15) is 5.82 Å². The lowest BCUT2D eigenvalue weighted by atomic mass is 10.2. The van der Waals surface area contributed by atoms with Crippen LogP contribution in [0.3, 0.4) is 0 Å². The van der Waals surface area contributed by atoms with E-state index in [4.69, 9.17) is 10.5 Å². The van der Waals surface area contributed by atoms with E-state index in [0.717, 1.165) is 0 Å². The molecule has 18 heavy (non-hydrogen) atoms. The number of aromatic nitrogens is 2. The largest absolute Gasteiger partial charge is 0.488 e. The molecule has 0 saturated carbocycles. The van der Waals surface area contributed by atoms with Gasteiger partial charge in [0.05, 0.1) is 25.0 Å². The molecule has 1 aromatic heterocycles. The van der Waals surface area contributed by atoms with Crippen LogP contribution in [-0.4, -0.2) is 15.9 Å². The van der Waals surface area contributed by atoms with Crippen molar-refractivity contribution in [3.63, 3.8) is 0 Å². The molecule has 0 spiro atoms. The summed E-state index contributed by atoms with van der Waals surface area (Å²) in [6.07, 6.45) is 3.50. The van der Waals surface area contributed by atoms with E-state index in [0.29, 0.717) is 23.5 Å². The highest BCUT2D eigenvalue weighted by Gasteiger charge is 2.05. The summed E-state index contributed by atoms with van der Waals surface area (Å²) in [5, 5.41) is 4.15. The van der Waals surface area contributed by atoms with Crippen molar-refractivity contribution in [1.82, 2.24) is 9.78 Å². The van der Waals surface area contributed by atoms with Gasteiger partial charge in [0.15, 0.2) is 5.75 Å². The van der Waals surface area contributed by atoms with Gasteiger partial charge in [-0.2, -0.15) is 5.10 Å². The fourth-order valence-corrected chi connectivity index (χ4v) is 1.65. The molecular weight excluding hydrogens is 233 g/mol. The predicted octanol–water partition coefficient (Wildman–Crippen LogP) is 2.44. The molecule has 0 fully saturated rings. The van der Waals surface area contributed by atoms with Crippen molar-refractivity contribution in [1.29, 1.82) is 0 Å². The third kappa shape index (κ3) is 3.00. The molecule has 1 aromatic carbocycles. The van der Waals surface area contributed by atoms with Crippen LogP contribution in [0.4, 0.5) is 10.1 Å². The van der Waals surface area contributed by atoms with Crippen molar-refractivity contribution >= 4 is 5.69 Å². The van der Waals surface area contributed by atoms with E-state index < -0.39 is 0 Å². The van der Waals surface area contributed by atoms with Crippen LogP contribution in [0.25, 0.3) is 0 Å². The molecule has 96 valence electrons. The zero-order valence-corrected chi connectivity index (χ0v) is 10.4. The fourth-order valence-electron chi connectivity index (χ4n) is 1.65. The minimum absolute atomic E-state index is 0.0990. The summed E-state index contributed by atoms with van der Waals surface area (Å²) in [7, 11) is 0. The molecule has 0 radical (unpaired) electrons. The number of nitrogens with two attached hydrogens (primary N) is 1. The third-order valence-corrected chi connectivity index (χ3v) is 2.42. The van der Waals surface area contributed by atoms with Crippen LogP contribution in [0, 0.1) is 5.82 Å². The molecule has 0 aliphatic heterocycles. The molecule has 2 aromatic rings. The first-order valence-electron chi connectivity index (χ1n) is 5.77. The van der Waals surface area contributed by atoms with Gasteiger partial charge < -0.3 is 10.5 Å². The van der Waals surface area contributed by atoms with Crippen LogP contribution in [0.2, 0.25) is 0 Å². The Morgan fingerprint density at radius 2 is 2.22 bits per heavy atom. The first-order chi connectivity index (χ1) is 8.54. The van der Waals surface area contributed by atoms with Gasteiger partial charge in [0, 0.05) is 5.69 Å². The van der Waals surface area contributed by atoms with Gasteiger partial charge >= 0.3 is 0 Å². The second-order valence-electron chi connectivity index (χ2n) is 4.38. The van der Waals surface area contributed by atoms with Crippen LogP contribution in [0.5, 0.6) is 5.75 Å². The van der Waals surface area contributed by atoms with E-state index in [1.54, 1.807) is 23.1 Å². The number of hydrogen-bond donors (Lipinski definition) is 1. The number of hydrogen-bond acceptors (Lipinski definition) is 3. The monoisotopic (exact) mass is 249 g/mol. The molecule has 0 aliphatic carbocycles. The Balaban J connectivity index is 2.13. The Kier molecular flexibility index (Phi) is 3.50. The lowest BCUT2D eigenvalue weighted by molar-refractivity contribution is 0.242. The van der Waals surface area contributed by atoms with Gasteiger partial charge in [-0.1, -0.05) is 0 Å². The van der Waals surface area contributed by atoms with Gasteiger partial charge in [-0.25, -0.2) is 4.39 Å². The normalized spacial score (nSPS) is 10.9. The van der Waals surface area contributed by atoms with Crippen LogP contribution in [-0.2, 0) is 6.54 Å². The second-order valence-corrected chi connectivity index (χ2v) is 4.38. The molecular formula is C13H16FN3O. The summed E-state index contributed by atoms with van der Waals surface area (Å²) < 4.78 is 20.3. The van der Waals surface area contributed by atoms with Crippen LogP contribution in [0.15, 0.2) is 30.6 Å². The van der Waals surface area contributed by atoms with Crippen molar-refractivity contribution in [3.8, 4) is 5.75 Å². The first kappa shape index (κ1) is 12.4. The van der Waals surface area contributed by atoms with E-state index in [1.807, 2.05) is 13.8 Å². The molecule has 1 heterocycles. The van der Waals surface area contributed by atoms with Gasteiger partial charge in [-0.3, -0.25) is 4.68 Å². The number of benzene rings is 1. The van der Waals surface area contributed by atoms with E-state index in [-0.39, 0.29) is 11.9 Å². The minimum atomic E-state index is -0.301. The Morgan fingerprint density at radius 1 is 1.44 bits per heavy atom. The highest BCUT2D eigenvalue weighted by Crippen LogP contribution is 2.16. The van der Waals surface area contributed by atoms with E-state index in [1.165, 1.54) is 12.1 Å². The average Bonchev–Trinajstić information content (AvgIpc) is 2.70. The summed E-state index contributed by atoms with van der Waals surface area (Å²) >= 11 is 0. The Hall–Kier alpha value is -2.04. The Labute approximate surface area is 105 Å². The van der Waals surface area contributed by atoms with Gasteiger partial charge in [0.25, 0.3) is 0 Å². The number of halogens is 1. The van der Waals surface area contributed by atoms with E-state index >= 15 is 0 Å². The fraction of sp³-hybridized carbons (Fsp3) is 0.308. The molecule has 2 rings (SSSR count). The quantitative estimate of drug-likeness (QED) is 0.847. The summed E-state index contributed by atoms with van der Waals surface area (Å²) in [4.78, 5) is 0. The first-order valence-corrected chi connectivity index (χ1v) is 5.77. The number of ether oxygens (including phenoxy) is 1. The molecule has 5 heteroatoms. The molecule has 0 amide bonds. The summed E-state index contributed by atoms with van der Waals surface area (Å²) in [5.41, 5.74) is 7.04. The van der Waals surface area contributed by atoms with Gasteiger partial charge in [-0.05, 0) is 37.6 Å². The van der Waals surface area contributed by atoms with Gasteiger partial charge in [0.2, 0.25) is 0 Å². The number of nitrogens with zero attached hydrogens (tertiary/aromatic N) is 2. The number of rotatable bonds is 4. The maximum atomic E-state index is 13.1. The highest BCUT2D eigenvalue weighted by atomic mass is 19.1. The summed E-state index contributed by atoms with van der Waals surface area (Å²) in [6, 6.07) is 4.31. The zero-order chi connectivity index (χ0) is 13.1. The van der Waals surface area contributed by atoms with Crippen LogP contribution >= 0.6 is 0 Å². The van der Waals surface area contributed by atoms with E-state index in [2.05, 4.69) is 5.10 Å². The highest BCUT2D eigenvalue weighted by molar-refractivity contribution is 5.46. The predicted molar refractivity (Wildman–Crippen MR) is 67.9 cm³/mol. The standard InChI is InChI=1S/C13H16FN3O/c1-9(2)18-12-6-16-17(8-12)7-10-5-11(14)3-4-13(10)15/h3-6,8-9H,7,15H2,1-2H3. The summed E-state index contributed by atoms with van der Waals surface area (Å²) in [6.45, 7) is 4.31. The lowest BCUT2D eigenvalue weighted by Crippen LogP contribution is -2.05. The number of anilines is 1. The van der Waals surface area contributed by atoms with Crippen molar-refractivity contribution in [3.05, 3.63) is 42.0 Å². The van der Waals surface area contributed by atoms with Crippen molar-refractivity contribution in [2.75, 3.05) is 5.73 Å². The minimum Gasteiger partial charge on any atom is -0.488 e. The van der Waals surface area contributed by atoms with E-state index in [9.17, 15) is 4.39 Å². The van der Waals surface area contributed by atoms with Crippen molar-refractivity contribution < 1.29 is 9.13 Å². The third-order valence-electron chi connectivity index (χ3n) is 2.42. The molecule has 4 nitrogen and oxygen atoms in total. The average molecular weight is 249 g/mol. The Morgan fingerprint density at radius 3 is 2.94 bits per heavy atom. The van der Waals surface area contributed by atoms with Gasteiger partial charge in [-0.15, -0.1) is 0 Å². The molecule has 0 atom stereocenters. The molecule has 0 bridgehead atoms. The molecule has 0 saturated heterocycles. The maximum Gasteiger partial charge on any atom is 0.157 e. The van der Waals surface area contributed by atoms with Crippen molar-refractivity contribution in [2.24, 2.45) is 0 Å².